The molecule has 176 valence electrons. The van der Waals surface area contributed by atoms with Gasteiger partial charge in [-0.1, -0.05) is 30.3 Å². The second-order valence-electron chi connectivity index (χ2n) is 8.26. The predicted molar refractivity (Wildman–Crippen MR) is 128 cm³/mol. The molecule has 2 atom stereocenters. The Kier molecular flexibility index (Phi) is 7.03. The molecular formula is C25H27N5O4. The Morgan fingerprint density at radius 2 is 1.74 bits per heavy atom. The molecule has 0 spiro atoms. The van der Waals surface area contributed by atoms with Gasteiger partial charge in [-0.15, -0.1) is 0 Å². The Morgan fingerprint density at radius 1 is 1.09 bits per heavy atom. The molecule has 9 nitrogen and oxygen atoms in total. The summed E-state index contributed by atoms with van der Waals surface area (Å²) in [6.07, 6.45) is -1.91. The van der Waals surface area contributed by atoms with Crippen molar-refractivity contribution in [3.8, 4) is 0 Å². The average molecular weight is 462 g/mol. The number of aliphatic hydroxyl groups is 1. The van der Waals surface area contributed by atoms with Crippen molar-refractivity contribution >= 4 is 29.3 Å². The number of β-amino-alcohol motifs (C(OH)–C–C–N with tert-alkyl or cyclic N) is 1. The van der Waals surface area contributed by atoms with Crippen molar-refractivity contribution in [3.05, 3.63) is 77.6 Å². The van der Waals surface area contributed by atoms with Crippen molar-refractivity contribution in [2.45, 2.75) is 32.5 Å². The van der Waals surface area contributed by atoms with Crippen LogP contribution in [0.2, 0.25) is 0 Å². The molecule has 2 unspecified atom stereocenters. The SMILES string of the molecule is Cc1cc(C)nc(Nc2ccc(NC(=O)OC3CC(=O)N(CC(O)c4ccccc4)C3)cc2)n1. The van der Waals surface area contributed by atoms with Crippen LogP contribution in [0, 0.1) is 13.8 Å². The standard InChI is InChI=1S/C25H27N5O4/c1-16-12-17(2)27-24(26-16)28-19-8-10-20(11-9-19)29-25(33)34-21-13-23(32)30(14-21)15-22(31)18-6-4-3-5-7-18/h3-12,21-22,31H,13-15H2,1-2H3,(H,29,33)(H,26,27,28). The summed E-state index contributed by atoms with van der Waals surface area (Å²) < 4.78 is 5.43. The van der Waals surface area contributed by atoms with Gasteiger partial charge >= 0.3 is 6.09 Å². The first kappa shape index (κ1) is 23.2. The smallest absolute Gasteiger partial charge is 0.411 e. The third-order valence-corrected chi connectivity index (χ3v) is 5.40. The van der Waals surface area contributed by atoms with E-state index >= 15 is 0 Å². The molecule has 1 fully saturated rings. The molecular weight excluding hydrogens is 434 g/mol. The van der Waals surface area contributed by atoms with E-state index in [1.807, 2.05) is 50.2 Å². The number of nitrogens with one attached hydrogen (secondary N) is 2. The number of aliphatic hydroxyl groups excluding tert-OH is 1. The van der Waals surface area contributed by atoms with Gasteiger partial charge in [0, 0.05) is 22.8 Å². The van der Waals surface area contributed by atoms with Gasteiger partial charge in [-0.05, 0) is 49.7 Å². The van der Waals surface area contributed by atoms with Gasteiger partial charge in [-0.3, -0.25) is 10.1 Å². The fraction of sp³-hybridized carbons (Fsp3) is 0.280. The fourth-order valence-electron chi connectivity index (χ4n) is 3.83. The van der Waals surface area contributed by atoms with Crippen molar-refractivity contribution in [1.29, 1.82) is 0 Å². The number of hydrogen-bond acceptors (Lipinski definition) is 7. The largest absolute Gasteiger partial charge is 0.444 e. The van der Waals surface area contributed by atoms with Crippen LogP contribution in [0.3, 0.4) is 0 Å². The number of benzene rings is 2. The van der Waals surface area contributed by atoms with Crippen molar-refractivity contribution in [1.82, 2.24) is 14.9 Å². The molecule has 4 rings (SSSR count). The first-order valence-corrected chi connectivity index (χ1v) is 11.0. The molecule has 0 saturated carbocycles. The predicted octanol–water partition coefficient (Wildman–Crippen LogP) is 3.72. The number of aryl methyl sites for hydroxylation is 2. The molecule has 9 heteroatoms. The Labute approximate surface area is 197 Å². The van der Waals surface area contributed by atoms with Gasteiger partial charge in [0.1, 0.15) is 6.10 Å². The van der Waals surface area contributed by atoms with E-state index in [2.05, 4.69) is 20.6 Å². The quantitative estimate of drug-likeness (QED) is 0.491. The summed E-state index contributed by atoms with van der Waals surface area (Å²) in [6.45, 7) is 4.21. The van der Waals surface area contributed by atoms with Crippen LogP contribution in [0.1, 0.15) is 29.5 Å². The number of anilines is 3. The second-order valence-corrected chi connectivity index (χ2v) is 8.26. The summed E-state index contributed by atoms with van der Waals surface area (Å²) in [7, 11) is 0. The maximum Gasteiger partial charge on any atom is 0.411 e. The van der Waals surface area contributed by atoms with E-state index in [4.69, 9.17) is 4.74 Å². The minimum atomic E-state index is -0.793. The monoisotopic (exact) mass is 461 g/mol. The number of likely N-dealkylation sites (tertiary alicyclic amines) is 1. The molecule has 0 radical (unpaired) electrons. The number of hydrogen-bond donors (Lipinski definition) is 3. The lowest BCUT2D eigenvalue weighted by Gasteiger charge is -2.20. The zero-order valence-corrected chi connectivity index (χ0v) is 19.1. The number of carbonyl (C=O) groups excluding carboxylic acids is 2. The first-order chi connectivity index (χ1) is 16.4. The summed E-state index contributed by atoms with van der Waals surface area (Å²) in [6, 6.07) is 18.1. The van der Waals surface area contributed by atoms with E-state index in [-0.39, 0.29) is 25.4 Å². The van der Waals surface area contributed by atoms with Gasteiger partial charge in [0.05, 0.1) is 25.6 Å². The highest BCUT2D eigenvalue weighted by molar-refractivity contribution is 5.86. The van der Waals surface area contributed by atoms with Gasteiger partial charge < -0.3 is 20.1 Å². The number of ether oxygens (including phenoxy) is 1. The average Bonchev–Trinajstić information content (AvgIpc) is 3.13. The molecule has 0 bridgehead atoms. The number of rotatable bonds is 7. The van der Waals surface area contributed by atoms with Crippen LogP contribution in [0.25, 0.3) is 0 Å². The number of amides is 2. The van der Waals surface area contributed by atoms with Gasteiger partial charge in [-0.25, -0.2) is 14.8 Å². The topological polar surface area (TPSA) is 117 Å². The van der Waals surface area contributed by atoms with Gasteiger partial charge in [0.2, 0.25) is 11.9 Å². The highest BCUT2D eigenvalue weighted by atomic mass is 16.6. The molecule has 0 aliphatic carbocycles. The van der Waals surface area contributed by atoms with Gasteiger partial charge in [0.15, 0.2) is 0 Å². The lowest BCUT2D eigenvalue weighted by molar-refractivity contribution is -0.129. The Bertz CT molecular complexity index is 1130. The lowest BCUT2D eigenvalue weighted by Crippen LogP contribution is -2.31. The Hall–Kier alpha value is -3.98. The van der Waals surface area contributed by atoms with E-state index < -0.39 is 18.3 Å². The molecule has 1 aliphatic rings. The van der Waals surface area contributed by atoms with Gasteiger partial charge in [0.25, 0.3) is 0 Å². The fourth-order valence-corrected chi connectivity index (χ4v) is 3.83. The molecule has 1 saturated heterocycles. The van der Waals surface area contributed by atoms with Crippen LogP contribution in [0.5, 0.6) is 0 Å². The molecule has 2 aromatic carbocycles. The summed E-state index contributed by atoms with van der Waals surface area (Å²) >= 11 is 0. The minimum absolute atomic E-state index is 0.0910. The highest BCUT2D eigenvalue weighted by Crippen LogP contribution is 2.21. The molecule has 3 N–H and O–H groups in total. The minimum Gasteiger partial charge on any atom is -0.444 e. The summed E-state index contributed by atoms with van der Waals surface area (Å²) in [5.41, 5.74) is 3.80. The maximum absolute atomic E-state index is 12.3. The van der Waals surface area contributed by atoms with Crippen molar-refractivity contribution in [2.75, 3.05) is 23.7 Å². The van der Waals surface area contributed by atoms with Crippen LogP contribution in [0.4, 0.5) is 22.1 Å². The van der Waals surface area contributed by atoms with Crippen LogP contribution in [-0.4, -0.2) is 51.2 Å². The number of aromatic nitrogens is 2. The zero-order chi connectivity index (χ0) is 24.1. The molecule has 3 aromatic rings. The van der Waals surface area contributed by atoms with Crippen LogP contribution in [0.15, 0.2) is 60.7 Å². The molecule has 2 amide bonds. The Morgan fingerprint density at radius 3 is 2.41 bits per heavy atom. The number of carbonyl (C=O) groups is 2. The van der Waals surface area contributed by atoms with E-state index in [0.717, 1.165) is 22.6 Å². The molecule has 34 heavy (non-hydrogen) atoms. The van der Waals surface area contributed by atoms with E-state index in [1.165, 1.54) is 4.90 Å². The molecule has 1 aliphatic heterocycles. The summed E-state index contributed by atoms with van der Waals surface area (Å²) in [5.74, 6) is 0.349. The van der Waals surface area contributed by atoms with Crippen LogP contribution in [-0.2, 0) is 9.53 Å². The third kappa shape index (κ3) is 6.08. The van der Waals surface area contributed by atoms with Crippen LogP contribution >= 0.6 is 0 Å². The maximum atomic E-state index is 12.3. The van der Waals surface area contributed by atoms with E-state index in [9.17, 15) is 14.7 Å². The third-order valence-electron chi connectivity index (χ3n) is 5.40. The molecule has 1 aromatic heterocycles. The summed E-state index contributed by atoms with van der Waals surface area (Å²) in [4.78, 5) is 34.8. The normalized spacial score (nSPS) is 16.3. The first-order valence-electron chi connectivity index (χ1n) is 11.0. The zero-order valence-electron chi connectivity index (χ0n) is 19.1. The van der Waals surface area contributed by atoms with Gasteiger partial charge in [-0.2, -0.15) is 0 Å². The van der Waals surface area contributed by atoms with Crippen molar-refractivity contribution in [2.24, 2.45) is 0 Å². The molecule has 2 heterocycles. The number of nitrogens with zero attached hydrogens (tertiary/aromatic N) is 3. The lowest BCUT2D eigenvalue weighted by atomic mass is 10.1. The van der Waals surface area contributed by atoms with Crippen molar-refractivity contribution < 1.29 is 19.4 Å². The summed E-state index contributed by atoms with van der Waals surface area (Å²) in [5, 5.41) is 16.2. The van der Waals surface area contributed by atoms with Crippen LogP contribution < -0.4 is 10.6 Å². The van der Waals surface area contributed by atoms with E-state index in [1.54, 1.807) is 24.3 Å². The van der Waals surface area contributed by atoms with Crippen molar-refractivity contribution in [3.63, 3.8) is 0 Å². The Balaban J connectivity index is 1.27. The highest BCUT2D eigenvalue weighted by Gasteiger charge is 2.33. The second kappa shape index (κ2) is 10.3. The van der Waals surface area contributed by atoms with E-state index in [0.29, 0.717) is 11.6 Å².